The van der Waals surface area contributed by atoms with Gasteiger partial charge in [0, 0.05) is 12.2 Å². The van der Waals surface area contributed by atoms with Gasteiger partial charge in [0.05, 0.1) is 5.69 Å². The van der Waals surface area contributed by atoms with Gasteiger partial charge in [-0.25, -0.2) is 4.68 Å². The number of carbonyl (C=O) groups is 1. The second kappa shape index (κ2) is 4.41. The Balaban J connectivity index is 2.78. The fourth-order valence-electron chi connectivity index (χ4n) is 2.01. The monoisotopic (exact) mass is 230 g/mol. The minimum atomic E-state index is -0.259. The Morgan fingerprint density at radius 2 is 1.88 bits per heavy atom. The molecule has 0 fully saturated rings. The second-order valence-electron chi connectivity index (χ2n) is 3.79. The number of aldehydes is 1. The first-order valence-corrected chi connectivity index (χ1v) is 5.53. The normalized spacial score (nSPS) is 10.5. The van der Waals surface area contributed by atoms with Crippen LogP contribution >= 0.6 is 0 Å². The van der Waals surface area contributed by atoms with E-state index < -0.39 is 0 Å². The van der Waals surface area contributed by atoms with Crippen LogP contribution in [0.2, 0.25) is 0 Å². The highest BCUT2D eigenvalue weighted by molar-refractivity contribution is 5.76. The third-order valence-electron chi connectivity index (χ3n) is 2.86. The molecule has 4 nitrogen and oxygen atoms in total. The molecule has 0 radical (unpaired) electrons. The number of hydrogen-bond donors (Lipinski definition) is 0. The van der Waals surface area contributed by atoms with Crippen LogP contribution in [0.4, 0.5) is 0 Å². The highest BCUT2D eigenvalue weighted by Gasteiger charge is 2.15. The molecule has 1 heterocycles. The quantitative estimate of drug-likeness (QED) is 0.754. The third kappa shape index (κ3) is 1.71. The summed E-state index contributed by atoms with van der Waals surface area (Å²) in [4.78, 5) is 23.0. The Morgan fingerprint density at radius 3 is 2.41 bits per heavy atom. The van der Waals surface area contributed by atoms with Crippen LogP contribution in [-0.2, 0) is 6.54 Å². The van der Waals surface area contributed by atoms with Gasteiger partial charge in [0.2, 0.25) is 0 Å². The van der Waals surface area contributed by atoms with Crippen LogP contribution in [0.15, 0.2) is 35.1 Å². The van der Waals surface area contributed by atoms with Gasteiger partial charge in [0.1, 0.15) is 5.56 Å². The molecule has 4 heteroatoms. The summed E-state index contributed by atoms with van der Waals surface area (Å²) in [5.74, 6) is 0. The van der Waals surface area contributed by atoms with Gasteiger partial charge in [-0.1, -0.05) is 18.2 Å². The minimum Gasteiger partial charge on any atom is -0.298 e. The summed E-state index contributed by atoms with van der Waals surface area (Å²) < 4.78 is 3.35. The van der Waals surface area contributed by atoms with E-state index in [1.165, 1.54) is 0 Å². The smallest absolute Gasteiger partial charge is 0.282 e. The summed E-state index contributed by atoms with van der Waals surface area (Å²) in [5.41, 5.74) is 1.45. The van der Waals surface area contributed by atoms with E-state index in [1.54, 1.807) is 16.3 Å². The Bertz CT molecular complexity index is 594. The number of rotatable bonds is 3. The zero-order chi connectivity index (χ0) is 12.4. The predicted molar refractivity (Wildman–Crippen MR) is 65.8 cm³/mol. The first kappa shape index (κ1) is 11.4. The van der Waals surface area contributed by atoms with Gasteiger partial charge in [-0.05, 0) is 26.0 Å². The van der Waals surface area contributed by atoms with Crippen LogP contribution in [0.1, 0.15) is 23.0 Å². The van der Waals surface area contributed by atoms with Crippen molar-refractivity contribution in [2.45, 2.75) is 20.4 Å². The minimum absolute atomic E-state index is 0.232. The van der Waals surface area contributed by atoms with Gasteiger partial charge in [-0.3, -0.25) is 14.3 Å². The predicted octanol–water partition coefficient (Wildman–Crippen LogP) is 1.78. The largest absolute Gasteiger partial charge is 0.298 e. The van der Waals surface area contributed by atoms with Crippen molar-refractivity contribution >= 4 is 6.29 Å². The van der Waals surface area contributed by atoms with E-state index in [0.717, 1.165) is 5.69 Å². The van der Waals surface area contributed by atoms with Crippen molar-refractivity contribution < 1.29 is 4.79 Å². The molecule has 17 heavy (non-hydrogen) atoms. The van der Waals surface area contributed by atoms with E-state index in [9.17, 15) is 9.59 Å². The van der Waals surface area contributed by atoms with Crippen molar-refractivity contribution in [2.75, 3.05) is 0 Å². The molecule has 0 amide bonds. The van der Waals surface area contributed by atoms with Gasteiger partial charge in [-0.15, -0.1) is 0 Å². The summed E-state index contributed by atoms with van der Waals surface area (Å²) in [6, 6.07) is 9.32. The Hall–Kier alpha value is -2.10. The van der Waals surface area contributed by atoms with Crippen LogP contribution in [0.25, 0.3) is 5.69 Å². The van der Waals surface area contributed by atoms with Gasteiger partial charge in [-0.2, -0.15) is 0 Å². The standard InChI is InChI=1S/C13H14N2O2/c1-3-14-10(2)12(9-16)13(17)15(14)11-7-5-4-6-8-11/h4-9H,3H2,1-2H3. The first-order valence-electron chi connectivity index (χ1n) is 5.53. The van der Waals surface area contributed by atoms with Gasteiger partial charge in [0.15, 0.2) is 6.29 Å². The summed E-state index contributed by atoms with van der Waals surface area (Å²) in [5, 5.41) is 0. The number of para-hydroxylation sites is 1. The van der Waals surface area contributed by atoms with E-state index in [4.69, 9.17) is 0 Å². The zero-order valence-electron chi connectivity index (χ0n) is 9.88. The summed E-state index contributed by atoms with van der Waals surface area (Å²) in [6.07, 6.45) is 0.628. The molecule has 88 valence electrons. The third-order valence-corrected chi connectivity index (χ3v) is 2.86. The lowest BCUT2D eigenvalue weighted by molar-refractivity contribution is 0.112. The molecule has 1 aromatic carbocycles. The molecule has 2 aromatic rings. The molecule has 0 aliphatic carbocycles. The zero-order valence-corrected chi connectivity index (χ0v) is 9.88. The summed E-state index contributed by atoms with van der Waals surface area (Å²) in [7, 11) is 0. The van der Waals surface area contributed by atoms with Crippen molar-refractivity contribution in [3.63, 3.8) is 0 Å². The number of benzene rings is 1. The summed E-state index contributed by atoms with van der Waals surface area (Å²) in [6.45, 7) is 4.37. The maximum atomic E-state index is 12.1. The summed E-state index contributed by atoms with van der Waals surface area (Å²) >= 11 is 0. The van der Waals surface area contributed by atoms with Gasteiger partial charge >= 0.3 is 0 Å². The SMILES string of the molecule is CCn1c(C)c(C=O)c(=O)n1-c1ccccc1. The van der Waals surface area contributed by atoms with Crippen LogP contribution in [0.5, 0.6) is 0 Å². The molecule has 1 aromatic heterocycles. The number of hydrogen-bond acceptors (Lipinski definition) is 2. The maximum Gasteiger partial charge on any atom is 0.282 e. The van der Waals surface area contributed by atoms with Crippen molar-refractivity contribution in [3.05, 3.63) is 51.9 Å². The van der Waals surface area contributed by atoms with E-state index >= 15 is 0 Å². The molecule has 0 aliphatic rings. The molecular weight excluding hydrogens is 216 g/mol. The van der Waals surface area contributed by atoms with Crippen LogP contribution in [-0.4, -0.2) is 15.6 Å². The molecule has 2 rings (SSSR count). The van der Waals surface area contributed by atoms with Crippen molar-refractivity contribution in [1.82, 2.24) is 9.36 Å². The lowest BCUT2D eigenvalue weighted by atomic mass is 10.3. The number of aromatic nitrogens is 2. The molecule has 0 aliphatic heterocycles. The molecule has 0 bridgehead atoms. The van der Waals surface area contributed by atoms with Crippen LogP contribution in [0.3, 0.4) is 0 Å². The fraction of sp³-hybridized carbons (Fsp3) is 0.231. The van der Waals surface area contributed by atoms with E-state index in [-0.39, 0.29) is 11.1 Å². The average molecular weight is 230 g/mol. The number of nitrogens with zero attached hydrogens (tertiary/aromatic N) is 2. The van der Waals surface area contributed by atoms with Crippen LogP contribution < -0.4 is 5.56 Å². The Morgan fingerprint density at radius 1 is 1.24 bits per heavy atom. The fourth-order valence-corrected chi connectivity index (χ4v) is 2.01. The lowest BCUT2D eigenvalue weighted by Gasteiger charge is -2.10. The lowest BCUT2D eigenvalue weighted by Crippen LogP contribution is -2.22. The first-order chi connectivity index (χ1) is 8.20. The van der Waals surface area contributed by atoms with Crippen molar-refractivity contribution in [3.8, 4) is 5.69 Å². The van der Waals surface area contributed by atoms with E-state index in [0.29, 0.717) is 18.5 Å². The van der Waals surface area contributed by atoms with Crippen LogP contribution in [0, 0.1) is 6.92 Å². The van der Waals surface area contributed by atoms with Gasteiger partial charge < -0.3 is 0 Å². The average Bonchev–Trinajstić information content (AvgIpc) is 2.61. The highest BCUT2D eigenvalue weighted by atomic mass is 16.1. The number of carbonyl (C=O) groups excluding carboxylic acids is 1. The molecule has 0 unspecified atom stereocenters. The maximum absolute atomic E-state index is 12.1. The molecule has 0 N–H and O–H groups in total. The Labute approximate surface area is 99.1 Å². The van der Waals surface area contributed by atoms with Gasteiger partial charge in [0.25, 0.3) is 5.56 Å². The van der Waals surface area contributed by atoms with E-state index in [2.05, 4.69) is 0 Å². The molecule has 0 spiro atoms. The Kier molecular flexibility index (Phi) is 2.95. The molecule has 0 saturated heterocycles. The molecular formula is C13H14N2O2. The molecule has 0 saturated carbocycles. The van der Waals surface area contributed by atoms with E-state index in [1.807, 2.05) is 37.3 Å². The topological polar surface area (TPSA) is 44.0 Å². The second-order valence-corrected chi connectivity index (χ2v) is 3.79. The van der Waals surface area contributed by atoms with Crippen molar-refractivity contribution in [1.29, 1.82) is 0 Å². The van der Waals surface area contributed by atoms with Crippen molar-refractivity contribution in [2.24, 2.45) is 0 Å². The highest BCUT2D eigenvalue weighted by Crippen LogP contribution is 2.09. The molecule has 0 atom stereocenters.